The fourth-order valence-electron chi connectivity index (χ4n) is 1.11. The van der Waals surface area contributed by atoms with Crippen LogP contribution in [0.2, 0.25) is 0 Å². The number of hydrogen-bond acceptors (Lipinski definition) is 5. The summed E-state index contributed by atoms with van der Waals surface area (Å²) in [7, 11) is 0. The van der Waals surface area contributed by atoms with E-state index in [0.717, 1.165) is 15.7 Å². The molecule has 1 heterocycles. The van der Waals surface area contributed by atoms with Crippen LogP contribution in [-0.2, 0) is 6.54 Å². The van der Waals surface area contributed by atoms with E-state index in [4.69, 9.17) is 5.73 Å². The molecule has 0 spiro atoms. The van der Waals surface area contributed by atoms with Crippen molar-refractivity contribution in [1.29, 1.82) is 0 Å². The van der Waals surface area contributed by atoms with Crippen LogP contribution < -0.4 is 5.73 Å². The topological polar surface area (TPSA) is 51.8 Å². The molecule has 78 valence electrons. The monoisotopic (exact) mass is 237 g/mol. The Morgan fingerprint density at radius 1 is 1.33 bits per heavy atom. The van der Waals surface area contributed by atoms with Gasteiger partial charge < -0.3 is 5.73 Å². The van der Waals surface area contributed by atoms with Gasteiger partial charge in [0.15, 0.2) is 4.34 Å². The highest BCUT2D eigenvalue weighted by molar-refractivity contribution is 8.01. The van der Waals surface area contributed by atoms with Gasteiger partial charge in [-0.3, -0.25) is 0 Å². The lowest BCUT2D eigenvalue weighted by Gasteiger charge is -1.99. The Kier molecular flexibility index (Phi) is 3.35. The molecule has 0 radical (unpaired) electrons. The SMILES string of the molecule is Cc1nsc(Sc2ccc(CN)cc2)n1. The number of aromatic nitrogens is 2. The molecular formula is C10H11N3S2. The van der Waals surface area contributed by atoms with Gasteiger partial charge in [-0.15, -0.1) is 0 Å². The smallest absolute Gasteiger partial charge is 0.174 e. The molecule has 1 aromatic heterocycles. The predicted molar refractivity (Wildman–Crippen MR) is 63.1 cm³/mol. The van der Waals surface area contributed by atoms with Crippen molar-refractivity contribution in [2.75, 3.05) is 0 Å². The van der Waals surface area contributed by atoms with Gasteiger partial charge in [-0.25, -0.2) is 4.98 Å². The van der Waals surface area contributed by atoms with Crippen molar-refractivity contribution in [1.82, 2.24) is 9.36 Å². The third-order valence-corrected chi connectivity index (χ3v) is 3.72. The molecule has 0 saturated carbocycles. The zero-order chi connectivity index (χ0) is 10.7. The van der Waals surface area contributed by atoms with Crippen LogP contribution in [-0.4, -0.2) is 9.36 Å². The summed E-state index contributed by atoms with van der Waals surface area (Å²) in [6, 6.07) is 8.19. The highest BCUT2D eigenvalue weighted by Crippen LogP contribution is 2.28. The summed E-state index contributed by atoms with van der Waals surface area (Å²) >= 11 is 3.06. The Balaban J connectivity index is 2.11. The minimum atomic E-state index is 0.586. The molecule has 15 heavy (non-hydrogen) atoms. The Morgan fingerprint density at radius 3 is 2.60 bits per heavy atom. The molecule has 0 aliphatic rings. The van der Waals surface area contributed by atoms with Crippen LogP contribution in [0.5, 0.6) is 0 Å². The van der Waals surface area contributed by atoms with Crippen molar-refractivity contribution in [2.45, 2.75) is 22.7 Å². The molecule has 3 nitrogen and oxygen atoms in total. The summed E-state index contributed by atoms with van der Waals surface area (Å²) in [5, 5.41) is 0. The maximum Gasteiger partial charge on any atom is 0.174 e. The van der Waals surface area contributed by atoms with Crippen LogP contribution in [0.1, 0.15) is 11.4 Å². The molecule has 2 rings (SSSR count). The van der Waals surface area contributed by atoms with Gasteiger partial charge in [0.2, 0.25) is 0 Å². The Hall–Kier alpha value is -0.910. The molecule has 0 fully saturated rings. The van der Waals surface area contributed by atoms with Crippen LogP contribution in [0.15, 0.2) is 33.5 Å². The Labute approximate surface area is 96.9 Å². The summed E-state index contributed by atoms with van der Waals surface area (Å²) < 4.78 is 5.12. The predicted octanol–water partition coefficient (Wildman–Crippen LogP) is 2.46. The number of rotatable bonds is 3. The van der Waals surface area contributed by atoms with E-state index < -0.39 is 0 Å². The van der Waals surface area contributed by atoms with Crippen molar-refractivity contribution in [3.8, 4) is 0 Å². The number of nitrogens with two attached hydrogens (primary N) is 1. The summed E-state index contributed by atoms with van der Waals surface area (Å²) in [6.07, 6.45) is 0. The molecule has 0 bridgehead atoms. The van der Waals surface area contributed by atoms with Gasteiger partial charge in [0, 0.05) is 11.4 Å². The largest absolute Gasteiger partial charge is 0.326 e. The third kappa shape index (κ3) is 2.77. The van der Waals surface area contributed by atoms with E-state index in [9.17, 15) is 0 Å². The van der Waals surface area contributed by atoms with Crippen molar-refractivity contribution < 1.29 is 0 Å². The van der Waals surface area contributed by atoms with E-state index in [1.54, 1.807) is 11.8 Å². The molecule has 0 amide bonds. The maximum absolute atomic E-state index is 5.53. The van der Waals surface area contributed by atoms with Crippen molar-refractivity contribution in [3.63, 3.8) is 0 Å². The van der Waals surface area contributed by atoms with E-state index in [-0.39, 0.29) is 0 Å². The highest BCUT2D eigenvalue weighted by Gasteiger charge is 2.02. The van der Waals surface area contributed by atoms with E-state index in [2.05, 4.69) is 21.5 Å². The molecule has 0 aliphatic heterocycles. The van der Waals surface area contributed by atoms with Gasteiger partial charge in [-0.2, -0.15) is 4.37 Å². The Bertz CT molecular complexity index is 436. The quantitative estimate of drug-likeness (QED) is 0.891. The summed E-state index contributed by atoms with van der Waals surface area (Å²) in [4.78, 5) is 5.46. The summed E-state index contributed by atoms with van der Waals surface area (Å²) in [5.41, 5.74) is 6.67. The van der Waals surface area contributed by atoms with E-state index in [0.29, 0.717) is 6.54 Å². The first-order valence-corrected chi connectivity index (χ1v) is 6.14. The second-order valence-corrected chi connectivity index (χ2v) is 5.13. The highest BCUT2D eigenvalue weighted by atomic mass is 32.2. The number of aryl methyl sites for hydroxylation is 1. The average molecular weight is 237 g/mol. The summed E-state index contributed by atoms with van der Waals surface area (Å²) in [6.45, 7) is 2.49. The lowest BCUT2D eigenvalue weighted by atomic mass is 10.2. The van der Waals surface area contributed by atoms with Crippen molar-refractivity contribution in [3.05, 3.63) is 35.7 Å². The molecular weight excluding hydrogens is 226 g/mol. The first kappa shape index (κ1) is 10.6. The zero-order valence-electron chi connectivity index (χ0n) is 8.30. The van der Waals surface area contributed by atoms with Gasteiger partial charge in [0.1, 0.15) is 5.82 Å². The van der Waals surface area contributed by atoms with E-state index in [1.165, 1.54) is 16.4 Å². The van der Waals surface area contributed by atoms with Crippen LogP contribution >= 0.6 is 23.3 Å². The normalized spacial score (nSPS) is 10.5. The Morgan fingerprint density at radius 2 is 2.07 bits per heavy atom. The third-order valence-electron chi connectivity index (χ3n) is 1.87. The number of hydrogen-bond donors (Lipinski definition) is 1. The minimum absolute atomic E-state index is 0.586. The van der Waals surface area contributed by atoms with E-state index in [1.807, 2.05) is 19.1 Å². The maximum atomic E-state index is 5.53. The fourth-order valence-corrected chi connectivity index (χ4v) is 2.74. The summed E-state index contributed by atoms with van der Waals surface area (Å²) in [5.74, 6) is 0.834. The van der Waals surface area contributed by atoms with Crippen LogP contribution in [0, 0.1) is 6.92 Å². The second-order valence-electron chi connectivity index (χ2n) is 3.06. The lowest BCUT2D eigenvalue weighted by molar-refractivity contribution is 1.06. The van der Waals surface area contributed by atoms with Crippen LogP contribution in [0.25, 0.3) is 0 Å². The molecule has 1 aromatic carbocycles. The molecule has 0 atom stereocenters. The zero-order valence-corrected chi connectivity index (χ0v) is 9.94. The minimum Gasteiger partial charge on any atom is -0.326 e. The number of nitrogens with zero attached hydrogens (tertiary/aromatic N) is 2. The molecule has 0 unspecified atom stereocenters. The molecule has 0 aliphatic carbocycles. The van der Waals surface area contributed by atoms with Crippen LogP contribution in [0.3, 0.4) is 0 Å². The number of benzene rings is 1. The first-order valence-electron chi connectivity index (χ1n) is 4.55. The van der Waals surface area contributed by atoms with E-state index >= 15 is 0 Å². The second kappa shape index (κ2) is 4.74. The fraction of sp³-hybridized carbons (Fsp3) is 0.200. The molecule has 0 saturated heterocycles. The molecule has 2 N–H and O–H groups in total. The lowest BCUT2D eigenvalue weighted by Crippen LogP contribution is -1.94. The van der Waals surface area contributed by atoms with Gasteiger partial charge in [0.25, 0.3) is 0 Å². The standard InChI is InChI=1S/C10H11N3S2/c1-7-12-10(15-13-7)14-9-4-2-8(6-11)3-5-9/h2-5H,6,11H2,1H3. The first-order chi connectivity index (χ1) is 7.28. The van der Waals surface area contributed by atoms with Gasteiger partial charge in [0.05, 0.1) is 0 Å². The van der Waals surface area contributed by atoms with Crippen LogP contribution in [0.4, 0.5) is 0 Å². The molecule has 5 heteroatoms. The van der Waals surface area contributed by atoms with Gasteiger partial charge >= 0.3 is 0 Å². The van der Waals surface area contributed by atoms with Crippen molar-refractivity contribution >= 4 is 23.3 Å². The average Bonchev–Trinajstić information content (AvgIpc) is 2.65. The van der Waals surface area contributed by atoms with Gasteiger partial charge in [-0.05, 0) is 36.2 Å². The van der Waals surface area contributed by atoms with Crippen molar-refractivity contribution in [2.24, 2.45) is 5.73 Å². The molecule has 2 aromatic rings. The van der Waals surface area contributed by atoms with Gasteiger partial charge in [-0.1, -0.05) is 23.9 Å².